The molecule has 6 heteroatoms. The molecule has 5 nitrogen and oxygen atoms in total. The highest BCUT2D eigenvalue weighted by atomic mass is 79.9. The smallest absolute Gasteiger partial charge is 0.338 e. The van der Waals surface area contributed by atoms with E-state index in [1.165, 1.54) is 0 Å². The van der Waals surface area contributed by atoms with E-state index in [0.29, 0.717) is 23.6 Å². The summed E-state index contributed by atoms with van der Waals surface area (Å²) in [6.07, 6.45) is 0. The van der Waals surface area contributed by atoms with Crippen LogP contribution in [0.3, 0.4) is 0 Å². The van der Waals surface area contributed by atoms with Crippen molar-refractivity contribution in [3.8, 4) is 5.75 Å². The van der Waals surface area contributed by atoms with E-state index in [2.05, 4.69) is 21.2 Å². The SMILES string of the molecule is CCOC(=O)c1cccc(NC(=O)COc2ccccc2Br)c1. The quantitative estimate of drug-likeness (QED) is 0.780. The normalized spacial score (nSPS) is 10.0. The topological polar surface area (TPSA) is 64.6 Å². The Labute approximate surface area is 142 Å². The fraction of sp³-hybridized carbons (Fsp3) is 0.176. The summed E-state index contributed by atoms with van der Waals surface area (Å²) >= 11 is 3.35. The third-order valence-corrected chi connectivity index (χ3v) is 3.51. The molecule has 0 radical (unpaired) electrons. The van der Waals surface area contributed by atoms with Crippen molar-refractivity contribution in [2.75, 3.05) is 18.5 Å². The molecule has 0 aliphatic carbocycles. The van der Waals surface area contributed by atoms with Gasteiger partial charge in [0.1, 0.15) is 5.75 Å². The lowest BCUT2D eigenvalue weighted by molar-refractivity contribution is -0.118. The van der Waals surface area contributed by atoms with E-state index in [9.17, 15) is 9.59 Å². The first kappa shape index (κ1) is 17.0. The predicted octanol–water partition coefficient (Wildman–Crippen LogP) is 3.64. The molecule has 0 aliphatic heterocycles. The number of para-hydroxylation sites is 1. The maximum absolute atomic E-state index is 11.9. The van der Waals surface area contributed by atoms with Crippen LogP contribution in [-0.4, -0.2) is 25.1 Å². The minimum absolute atomic E-state index is 0.133. The van der Waals surface area contributed by atoms with Gasteiger partial charge in [0.15, 0.2) is 6.61 Å². The molecule has 0 saturated carbocycles. The average molecular weight is 378 g/mol. The van der Waals surface area contributed by atoms with Crippen LogP contribution in [0.15, 0.2) is 53.0 Å². The molecule has 0 spiro atoms. The summed E-state index contributed by atoms with van der Waals surface area (Å²) in [4.78, 5) is 23.6. The Morgan fingerprint density at radius 2 is 1.91 bits per heavy atom. The summed E-state index contributed by atoms with van der Waals surface area (Å²) in [7, 11) is 0. The van der Waals surface area contributed by atoms with Gasteiger partial charge in [0.05, 0.1) is 16.6 Å². The summed E-state index contributed by atoms with van der Waals surface area (Å²) in [6, 6.07) is 13.8. The predicted molar refractivity (Wildman–Crippen MR) is 90.7 cm³/mol. The fourth-order valence-corrected chi connectivity index (χ4v) is 2.24. The third-order valence-electron chi connectivity index (χ3n) is 2.85. The molecule has 0 aromatic heterocycles. The molecule has 120 valence electrons. The molecule has 2 rings (SSSR count). The van der Waals surface area contributed by atoms with Gasteiger partial charge < -0.3 is 14.8 Å². The van der Waals surface area contributed by atoms with Crippen molar-refractivity contribution in [3.05, 3.63) is 58.6 Å². The lowest BCUT2D eigenvalue weighted by Gasteiger charge is -2.09. The van der Waals surface area contributed by atoms with E-state index in [-0.39, 0.29) is 12.5 Å². The zero-order chi connectivity index (χ0) is 16.7. The lowest BCUT2D eigenvalue weighted by Crippen LogP contribution is -2.20. The van der Waals surface area contributed by atoms with Crippen molar-refractivity contribution in [1.82, 2.24) is 0 Å². The number of carbonyl (C=O) groups is 2. The Morgan fingerprint density at radius 3 is 2.65 bits per heavy atom. The highest BCUT2D eigenvalue weighted by Crippen LogP contribution is 2.23. The number of benzene rings is 2. The van der Waals surface area contributed by atoms with E-state index in [1.54, 1.807) is 37.3 Å². The van der Waals surface area contributed by atoms with Gasteiger partial charge in [0.25, 0.3) is 5.91 Å². The van der Waals surface area contributed by atoms with E-state index in [0.717, 1.165) is 4.47 Å². The van der Waals surface area contributed by atoms with Crippen LogP contribution >= 0.6 is 15.9 Å². The van der Waals surface area contributed by atoms with E-state index >= 15 is 0 Å². The lowest BCUT2D eigenvalue weighted by atomic mass is 10.2. The Kier molecular flexibility index (Phi) is 6.17. The molecule has 0 saturated heterocycles. The summed E-state index contributed by atoms with van der Waals surface area (Å²) in [5.74, 6) is -0.155. The number of hydrogen-bond donors (Lipinski definition) is 1. The maximum Gasteiger partial charge on any atom is 0.338 e. The van der Waals surface area contributed by atoms with Gasteiger partial charge in [-0.15, -0.1) is 0 Å². The first-order valence-corrected chi connectivity index (χ1v) is 7.84. The number of anilines is 1. The number of esters is 1. The average Bonchev–Trinajstić information content (AvgIpc) is 2.54. The maximum atomic E-state index is 11.9. The van der Waals surface area contributed by atoms with Gasteiger partial charge in [-0.3, -0.25) is 4.79 Å². The standard InChI is InChI=1S/C17H16BrNO4/c1-2-22-17(21)12-6-5-7-13(10-12)19-16(20)11-23-15-9-4-3-8-14(15)18/h3-10H,2,11H2,1H3,(H,19,20). The van der Waals surface area contributed by atoms with E-state index in [1.807, 2.05) is 18.2 Å². The second-order valence-corrected chi connectivity index (χ2v) is 5.42. The number of nitrogens with one attached hydrogen (secondary N) is 1. The minimum atomic E-state index is -0.423. The number of amides is 1. The van der Waals surface area contributed by atoms with Gasteiger partial charge in [-0.1, -0.05) is 18.2 Å². The molecule has 0 unspecified atom stereocenters. The van der Waals surface area contributed by atoms with Crippen molar-refractivity contribution in [1.29, 1.82) is 0 Å². The second-order valence-electron chi connectivity index (χ2n) is 4.57. The van der Waals surface area contributed by atoms with Gasteiger partial charge in [0, 0.05) is 5.69 Å². The first-order valence-electron chi connectivity index (χ1n) is 7.04. The zero-order valence-electron chi connectivity index (χ0n) is 12.5. The number of ether oxygens (including phenoxy) is 2. The molecule has 23 heavy (non-hydrogen) atoms. The largest absolute Gasteiger partial charge is 0.483 e. The third kappa shape index (κ3) is 5.10. The van der Waals surface area contributed by atoms with Crippen LogP contribution in [0.2, 0.25) is 0 Å². The number of hydrogen-bond acceptors (Lipinski definition) is 4. The highest BCUT2D eigenvalue weighted by Gasteiger charge is 2.09. The Balaban J connectivity index is 1.94. The van der Waals surface area contributed by atoms with Crippen molar-refractivity contribution in [2.24, 2.45) is 0 Å². The Bertz CT molecular complexity index is 702. The molecule has 0 atom stereocenters. The van der Waals surface area contributed by atoms with Crippen LogP contribution in [0.4, 0.5) is 5.69 Å². The van der Waals surface area contributed by atoms with Gasteiger partial charge in [-0.2, -0.15) is 0 Å². The van der Waals surface area contributed by atoms with Crippen LogP contribution in [0.5, 0.6) is 5.75 Å². The van der Waals surface area contributed by atoms with Crippen molar-refractivity contribution in [2.45, 2.75) is 6.92 Å². The Morgan fingerprint density at radius 1 is 1.13 bits per heavy atom. The zero-order valence-corrected chi connectivity index (χ0v) is 14.1. The van der Waals surface area contributed by atoms with Gasteiger partial charge in [0.2, 0.25) is 0 Å². The van der Waals surface area contributed by atoms with Crippen molar-refractivity contribution in [3.63, 3.8) is 0 Å². The molecule has 0 fully saturated rings. The number of halogens is 1. The summed E-state index contributed by atoms with van der Waals surface area (Å²) in [5, 5.41) is 2.68. The number of rotatable bonds is 6. The monoisotopic (exact) mass is 377 g/mol. The fourth-order valence-electron chi connectivity index (χ4n) is 1.84. The van der Waals surface area contributed by atoms with Gasteiger partial charge in [-0.05, 0) is 53.2 Å². The van der Waals surface area contributed by atoms with Crippen molar-refractivity contribution < 1.29 is 19.1 Å². The second kappa shape index (κ2) is 8.33. The molecule has 0 heterocycles. The van der Waals surface area contributed by atoms with Gasteiger partial charge in [-0.25, -0.2) is 4.79 Å². The van der Waals surface area contributed by atoms with Crippen LogP contribution in [-0.2, 0) is 9.53 Å². The highest BCUT2D eigenvalue weighted by molar-refractivity contribution is 9.10. The molecule has 1 amide bonds. The summed E-state index contributed by atoms with van der Waals surface area (Å²) in [5.41, 5.74) is 0.896. The molecule has 1 N–H and O–H groups in total. The minimum Gasteiger partial charge on any atom is -0.483 e. The van der Waals surface area contributed by atoms with Crippen LogP contribution in [0, 0.1) is 0 Å². The van der Waals surface area contributed by atoms with Crippen molar-refractivity contribution >= 4 is 33.5 Å². The summed E-state index contributed by atoms with van der Waals surface area (Å²) in [6.45, 7) is 1.91. The molecular weight excluding hydrogens is 362 g/mol. The van der Waals surface area contributed by atoms with E-state index < -0.39 is 5.97 Å². The van der Waals surface area contributed by atoms with Crippen LogP contribution in [0.1, 0.15) is 17.3 Å². The molecule has 2 aromatic carbocycles. The Hall–Kier alpha value is -2.34. The molecular formula is C17H16BrNO4. The molecule has 0 aliphatic rings. The van der Waals surface area contributed by atoms with Gasteiger partial charge >= 0.3 is 5.97 Å². The first-order chi connectivity index (χ1) is 11.1. The molecule has 2 aromatic rings. The van der Waals surface area contributed by atoms with E-state index in [4.69, 9.17) is 9.47 Å². The van der Waals surface area contributed by atoms with Crippen LogP contribution < -0.4 is 10.1 Å². The number of carbonyl (C=O) groups excluding carboxylic acids is 2. The molecule has 0 bridgehead atoms. The van der Waals surface area contributed by atoms with Crippen LogP contribution in [0.25, 0.3) is 0 Å². The summed E-state index contributed by atoms with van der Waals surface area (Å²) < 4.78 is 11.1.